The topological polar surface area (TPSA) is 66.5 Å². The van der Waals surface area contributed by atoms with Gasteiger partial charge in [0, 0.05) is 6.04 Å². The predicted octanol–water partition coefficient (Wildman–Crippen LogP) is 2.91. The minimum Gasteiger partial charge on any atom is -0.352 e. The lowest BCUT2D eigenvalue weighted by Gasteiger charge is -2.25. The first-order chi connectivity index (χ1) is 10.8. The molecule has 0 aliphatic rings. The van der Waals surface area contributed by atoms with Gasteiger partial charge in [-0.3, -0.25) is 9.10 Å². The highest BCUT2D eigenvalue weighted by molar-refractivity contribution is 7.92. The maximum atomic E-state index is 12.2. The highest BCUT2D eigenvalue weighted by Gasteiger charge is 2.23. The molecule has 1 unspecified atom stereocenters. The van der Waals surface area contributed by atoms with Gasteiger partial charge in [-0.1, -0.05) is 46.8 Å². The standard InChI is InChI=1S/C18H30N2O3S/c1-13(2)14(3)19-17(21)12-20(24(7,22)23)16-10-8-15(9-11-16)18(4,5)6/h8-11,13-14H,12H2,1-7H3,(H,19,21). The van der Waals surface area contributed by atoms with Gasteiger partial charge in [-0.25, -0.2) is 8.42 Å². The maximum Gasteiger partial charge on any atom is 0.240 e. The van der Waals surface area contributed by atoms with E-state index in [1.54, 1.807) is 12.1 Å². The summed E-state index contributed by atoms with van der Waals surface area (Å²) in [6.07, 6.45) is 1.11. The monoisotopic (exact) mass is 354 g/mol. The normalized spacial score (nSPS) is 13.7. The summed E-state index contributed by atoms with van der Waals surface area (Å²) in [5, 5.41) is 2.84. The fraction of sp³-hybridized carbons (Fsp3) is 0.611. The zero-order valence-electron chi connectivity index (χ0n) is 15.8. The lowest BCUT2D eigenvalue weighted by atomic mass is 9.87. The Morgan fingerprint density at radius 2 is 1.62 bits per heavy atom. The minimum atomic E-state index is -3.54. The van der Waals surface area contributed by atoms with Gasteiger partial charge >= 0.3 is 0 Å². The number of nitrogens with one attached hydrogen (secondary N) is 1. The molecule has 0 aliphatic heterocycles. The van der Waals surface area contributed by atoms with Crippen molar-refractivity contribution in [2.75, 3.05) is 17.1 Å². The average molecular weight is 355 g/mol. The van der Waals surface area contributed by atoms with Crippen LogP contribution in [0.2, 0.25) is 0 Å². The molecule has 1 amide bonds. The van der Waals surface area contributed by atoms with Gasteiger partial charge in [-0.05, 0) is 36.0 Å². The van der Waals surface area contributed by atoms with E-state index in [1.165, 1.54) is 0 Å². The number of rotatable bonds is 6. The van der Waals surface area contributed by atoms with Crippen LogP contribution >= 0.6 is 0 Å². The van der Waals surface area contributed by atoms with Crippen LogP contribution in [0.25, 0.3) is 0 Å². The van der Waals surface area contributed by atoms with E-state index in [0.717, 1.165) is 16.1 Å². The van der Waals surface area contributed by atoms with Gasteiger partial charge in [-0.15, -0.1) is 0 Å². The molecule has 0 bridgehead atoms. The molecule has 0 aliphatic carbocycles. The third kappa shape index (κ3) is 5.82. The second-order valence-electron chi connectivity index (χ2n) is 7.67. The van der Waals surface area contributed by atoms with E-state index in [0.29, 0.717) is 5.69 Å². The predicted molar refractivity (Wildman–Crippen MR) is 99.8 cm³/mol. The summed E-state index contributed by atoms with van der Waals surface area (Å²) in [4.78, 5) is 12.2. The molecule has 1 atom stereocenters. The number of carbonyl (C=O) groups is 1. The third-order valence-corrected chi connectivity index (χ3v) is 5.24. The van der Waals surface area contributed by atoms with Crippen molar-refractivity contribution in [1.82, 2.24) is 5.32 Å². The molecule has 1 aromatic rings. The summed E-state index contributed by atoms with van der Waals surface area (Å²) in [5.41, 5.74) is 1.59. The second kappa shape index (κ2) is 7.55. The maximum absolute atomic E-state index is 12.2. The Bertz CT molecular complexity index is 658. The van der Waals surface area contributed by atoms with Crippen LogP contribution in [0.1, 0.15) is 47.1 Å². The molecule has 0 saturated carbocycles. The SMILES string of the molecule is CC(C)C(C)NC(=O)CN(c1ccc(C(C)(C)C)cc1)S(C)(=O)=O. The van der Waals surface area contributed by atoms with Crippen molar-refractivity contribution in [2.45, 2.75) is 53.0 Å². The smallest absolute Gasteiger partial charge is 0.240 e. The Morgan fingerprint density at radius 1 is 1.12 bits per heavy atom. The molecular formula is C18H30N2O3S. The highest BCUT2D eigenvalue weighted by Crippen LogP contribution is 2.25. The van der Waals surface area contributed by atoms with E-state index in [-0.39, 0.29) is 29.8 Å². The first-order valence-electron chi connectivity index (χ1n) is 8.20. The Hall–Kier alpha value is -1.56. The first-order valence-corrected chi connectivity index (χ1v) is 10.0. The molecule has 24 heavy (non-hydrogen) atoms. The number of hydrogen-bond donors (Lipinski definition) is 1. The van der Waals surface area contributed by atoms with E-state index in [4.69, 9.17) is 0 Å². The molecular weight excluding hydrogens is 324 g/mol. The zero-order valence-corrected chi connectivity index (χ0v) is 16.6. The molecule has 0 radical (unpaired) electrons. The zero-order chi connectivity index (χ0) is 18.7. The molecule has 1 rings (SSSR count). The van der Waals surface area contributed by atoms with E-state index < -0.39 is 10.0 Å². The molecule has 0 aromatic heterocycles. The number of sulfonamides is 1. The molecule has 0 heterocycles. The van der Waals surface area contributed by atoms with Gasteiger partial charge in [0.2, 0.25) is 15.9 Å². The summed E-state index contributed by atoms with van der Waals surface area (Å²) < 4.78 is 25.4. The van der Waals surface area contributed by atoms with Crippen LogP contribution in [0.5, 0.6) is 0 Å². The molecule has 1 N–H and O–H groups in total. The number of nitrogens with zero attached hydrogens (tertiary/aromatic N) is 1. The fourth-order valence-electron chi connectivity index (χ4n) is 2.12. The summed E-state index contributed by atoms with van der Waals surface area (Å²) in [7, 11) is -3.54. The van der Waals surface area contributed by atoms with Crippen LogP contribution in [-0.4, -0.2) is 33.2 Å². The van der Waals surface area contributed by atoms with Crippen LogP contribution in [0, 0.1) is 5.92 Å². The highest BCUT2D eigenvalue weighted by atomic mass is 32.2. The van der Waals surface area contributed by atoms with E-state index in [1.807, 2.05) is 32.9 Å². The number of amides is 1. The summed E-state index contributed by atoms with van der Waals surface area (Å²) in [6.45, 7) is 12.0. The Morgan fingerprint density at radius 3 is 2.00 bits per heavy atom. The Balaban J connectivity index is 3.01. The first kappa shape index (κ1) is 20.5. The number of anilines is 1. The molecule has 136 valence electrons. The molecule has 0 spiro atoms. The second-order valence-corrected chi connectivity index (χ2v) is 9.57. The van der Waals surface area contributed by atoms with Crippen molar-refractivity contribution in [3.63, 3.8) is 0 Å². The van der Waals surface area contributed by atoms with Gasteiger partial charge in [0.25, 0.3) is 0 Å². The largest absolute Gasteiger partial charge is 0.352 e. The van der Waals surface area contributed by atoms with Crippen LogP contribution < -0.4 is 9.62 Å². The van der Waals surface area contributed by atoms with E-state index >= 15 is 0 Å². The number of carbonyl (C=O) groups excluding carboxylic acids is 1. The van der Waals surface area contributed by atoms with Crippen molar-refractivity contribution >= 4 is 21.6 Å². The van der Waals surface area contributed by atoms with E-state index in [9.17, 15) is 13.2 Å². The average Bonchev–Trinajstić information content (AvgIpc) is 2.42. The fourth-order valence-corrected chi connectivity index (χ4v) is 2.98. The summed E-state index contributed by atoms with van der Waals surface area (Å²) >= 11 is 0. The van der Waals surface area contributed by atoms with Crippen molar-refractivity contribution in [2.24, 2.45) is 5.92 Å². The molecule has 6 heteroatoms. The van der Waals surface area contributed by atoms with Crippen molar-refractivity contribution < 1.29 is 13.2 Å². The van der Waals surface area contributed by atoms with Crippen LogP contribution in [-0.2, 0) is 20.2 Å². The lowest BCUT2D eigenvalue weighted by molar-refractivity contribution is -0.120. The van der Waals surface area contributed by atoms with Gasteiger partial charge < -0.3 is 5.32 Å². The minimum absolute atomic E-state index is 0.0119. The summed E-state index contributed by atoms with van der Waals surface area (Å²) in [6, 6.07) is 7.30. The van der Waals surface area contributed by atoms with Gasteiger partial charge in [0.05, 0.1) is 11.9 Å². The van der Waals surface area contributed by atoms with E-state index in [2.05, 4.69) is 26.1 Å². The quantitative estimate of drug-likeness (QED) is 0.854. The lowest BCUT2D eigenvalue weighted by Crippen LogP contribution is -2.44. The van der Waals surface area contributed by atoms with Crippen LogP contribution in [0.3, 0.4) is 0 Å². The van der Waals surface area contributed by atoms with Gasteiger partial charge in [0.1, 0.15) is 6.54 Å². The molecule has 1 aromatic carbocycles. The van der Waals surface area contributed by atoms with Crippen LogP contribution in [0.15, 0.2) is 24.3 Å². The van der Waals surface area contributed by atoms with Gasteiger partial charge in [-0.2, -0.15) is 0 Å². The number of hydrogen-bond acceptors (Lipinski definition) is 3. The summed E-state index contributed by atoms with van der Waals surface area (Å²) in [5.74, 6) is -0.0202. The molecule has 5 nitrogen and oxygen atoms in total. The van der Waals surface area contributed by atoms with Crippen LogP contribution in [0.4, 0.5) is 5.69 Å². The third-order valence-electron chi connectivity index (χ3n) is 4.10. The van der Waals surface area contributed by atoms with Crippen molar-refractivity contribution in [3.05, 3.63) is 29.8 Å². The Kier molecular flexibility index (Phi) is 6.45. The molecule has 0 fully saturated rings. The van der Waals surface area contributed by atoms with Gasteiger partial charge in [0.15, 0.2) is 0 Å². The van der Waals surface area contributed by atoms with Crippen molar-refractivity contribution in [3.8, 4) is 0 Å². The Labute approximate surface area is 146 Å². The number of benzene rings is 1. The molecule has 0 saturated heterocycles. The van der Waals surface area contributed by atoms with Crippen molar-refractivity contribution in [1.29, 1.82) is 0 Å².